The Hall–Kier alpha value is -4.30. The number of fused-ring (bicyclic) bond motifs is 1. The standard InChI is InChI=1S/C28H28O12S.CH3F/c1-14(29)34-13-22-24(35-15(2)30)25(36-16(3)31)26(37-17(4)32)28(40-22)38-19-8-5-7-18-11-20(23-9-6-10-41-23)27(33)39-21(18)12-19;1-2/h6-12,22,24-26,28H,5,13H2,1-4H3;1H3/t22-,24+,25+,26-,28-;/m1./s1. The fourth-order valence-electron chi connectivity index (χ4n) is 4.37. The minimum Gasteiger partial charge on any atom is -0.463 e. The monoisotopic (exact) mass is 622 g/mol. The highest BCUT2D eigenvalue weighted by atomic mass is 32.1. The molecule has 2 aromatic rings. The van der Waals surface area contributed by atoms with Crippen LogP contribution in [0.4, 0.5) is 4.39 Å². The van der Waals surface area contributed by atoms with E-state index in [1.54, 1.807) is 12.1 Å². The van der Waals surface area contributed by atoms with Crippen molar-refractivity contribution in [3.8, 4) is 10.4 Å². The third-order valence-electron chi connectivity index (χ3n) is 5.92. The predicted octanol–water partition coefficient (Wildman–Crippen LogP) is 1.90. The molecule has 0 spiro atoms. The fourth-order valence-corrected chi connectivity index (χ4v) is 5.10. The average Bonchev–Trinajstić information content (AvgIpc) is 3.40. The minimum atomic E-state index is -1.42. The largest absolute Gasteiger partial charge is 0.463 e. The zero-order valence-corrected chi connectivity index (χ0v) is 24.8. The van der Waals surface area contributed by atoms with Crippen molar-refractivity contribution in [2.45, 2.75) is 64.8 Å². The van der Waals surface area contributed by atoms with E-state index in [9.17, 15) is 28.4 Å². The number of alkyl halides is 1. The Kier molecular flexibility index (Phi) is 11.8. The van der Waals surface area contributed by atoms with Crippen LogP contribution in [0.25, 0.3) is 22.6 Å². The van der Waals surface area contributed by atoms with Crippen LogP contribution in [0.5, 0.6) is 0 Å². The highest BCUT2D eigenvalue weighted by molar-refractivity contribution is 7.13. The Morgan fingerprint density at radius 2 is 1.58 bits per heavy atom. The van der Waals surface area contributed by atoms with Gasteiger partial charge in [-0.05, 0) is 30.0 Å². The number of hydrogen-bond acceptors (Lipinski definition) is 13. The van der Waals surface area contributed by atoms with Gasteiger partial charge in [-0.25, -0.2) is 4.79 Å². The third-order valence-corrected chi connectivity index (χ3v) is 6.83. The maximum absolute atomic E-state index is 12.7. The highest BCUT2D eigenvalue weighted by Crippen LogP contribution is 2.31. The van der Waals surface area contributed by atoms with Gasteiger partial charge < -0.3 is 32.8 Å². The Labute approximate surface area is 249 Å². The molecule has 12 nitrogen and oxygen atoms in total. The lowest BCUT2D eigenvalue weighted by Crippen LogP contribution is -2.62. The number of esters is 4. The average molecular weight is 623 g/mol. The van der Waals surface area contributed by atoms with Crippen LogP contribution in [-0.4, -0.2) is 68.4 Å². The second-order valence-electron chi connectivity index (χ2n) is 9.12. The normalized spacial score (nSPS) is 22.4. The summed E-state index contributed by atoms with van der Waals surface area (Å²) in [6.45, 7) is 4.18. The zero-order chi connectivity index (χ0) is 31.7. The second kappa shape index (κ2) is 15.3. The lowest BCUT2D eigenvalue weighted by atomic mass is 9.98. The highest BCUT2D eigenvalue weighted by Gasteiger charge is 2.53. The number of rotatable bonds is 8. The molecule has 14 heteroatoms. The van der Waals surface area contributed by atoms with E-state index in [1.165, 1.54) is 24.3 Å². The van der Waals surface area contributed by atoms with Gasteiger partial charge >= 0.3 is 29.5 Å². The summed E-state index contributed by atoms with van der Waals surface area (Å²) >= 11 is 1.41. The van der Waals surface area contributed by atoms with Crippen LogP contribution in [0.15, 0.2) is 44.6 Å². The molecule has 0 unspecified atom stereocenters. The van der Waals surface area contributed by atoms with E-state index in [4.69, 9.17) is 32.8 Å². The molecule has 0 radical (unpaired) electrons. The molecule has 1 fully saturated rings. The number of carbonyl (C=O) groups excluding carboxylic acids is 4. The van der Waals surface area contributed by atoms with Gasteiger partial charge in [0.25, 0.3) is 0 Å². The molecule has 232 valence electrons. The molecule has 4 rings (SSSR count). The molecule has 0 saturated carbocycles. The van der Waals surface area contributed by atoms with Crippen molar-refractivity contribution in [2.75, 3.05) is 13.8 Å². The first-order chi connectivity index (χ1) is 20.5. The van der Waals surface area contributed by atoms with Crippen molar-refractivity contribution in [1.29, 1.82) is 0 Å². The Bertz CT molecular complexity index is 1530. The lowest BCUT2D eigenvalue weighted by Gasteiger charge is -2.44. The van der Waals surface area contributed by atoms with Gasteiger partial charge in [-0.15, -0.1) is 11.3 Å². The minimum absolute atomic E-state index is 0.188. The molecular formula is C29H31FO12S. The number of thiophene rings is 1. The Morgan fingerprint density at radius 3 is 2.19 bits per heavy atom. The third kappa shape index (κ3) is 8.85. The van der Waals surface area contributed by atoms with Crippen LogP contribution in [0.1, 0.15) is 34.1 Å². The molecule has 1 saturated heterocycles. The number of allylic oxidation sites excluding steroid dienone is 2. The summed E-state index contributed by atoms with van der Waals surface area (Å²) in [7, 11) is 0.500. The van der Waals surface area contributed by atoms with Gasteiger partial charge in [-0.3, -0.25) is 23.6 Å². The molecule has 1 aliphatic carbocycles. The topological polar surface area (TPSA) is 154 Å². The molecule has 0 bridgehead atoms. The first-order valence-electron chi connectivity index (χ1n) is 13.0. The van der Waals surface area contributed by atoms with Gasteiger partial charge in [0.15, 0.2) is 12.2 Å². The van der Waals surface area contributed by atoms with Crippen molar-refractivity contribution in [3.05, 3.63) is 56.5 Å². The number of hydrogen-bond donors (Lipinski definition) is 0. The van der Waals surface area contributed by atoms with Crippen molar-refractivity contribution in [2.24, 2.45) is 0 Å². The van der Waals surface area contributed by atoms with E-state index in [-0.39, 0.29) is 11.2 Å². The van der Waals surface area contributed by atoms with Crippen molar-refractivity contribution in [3.63, 3.8) is 0 Å². The zero-order valence-electron chi connectivity index (χ0n) is 24.0. The van der Waals surface area contributed by atoms with Gasteiger partial charge in [0, 0.05) is 43.9 Å². The van der Waals surface area contributed by atoms with Gasteiger partial charge in [0.05, 0.1) is 12.7 Å². The summed E-state index contributed by atoms with van der Waals surface area (Å²) in [6, 6.07) is 5.39. The van der Waals surface area contributed by atoms with Crippen LogP contribution in [-0.2, 0) is 47.6 Å². The molecule has 2 aliphatic rings. The van der Waals surface area contributed by atoms with E-state index in [0.717, 1.165) is 25.6 Å². The van der Waals surface area contributed by atoms with E-state index in [0.29, 0.717) is 24.4 Å². The molecule has 2 aromatic heterocycles. The number of halogens is 1. The van der Waals surface area contributed by atoms with Crippen LogP contribution in [0.2, 0.25) is 0 Å². The predicted molar refractivity (Wildman–Crippen MR) is 149 cm³/mol. The summed E-state index contributed by atoms with van der Waals surface area (Å²) < 4.78 is 48.5. The molecule has 43 heavy (non-hydrogen) atoms. The first kappa shape index (κ1) is 33.2. The van der Waals surface area contributed by atoms with Crippen molar-refractivity contribution >= 4 is 47.4 Å². The van der Waals surface area contributed by atoms with E-state index >= 15 is 0 Å². The summed E-state index contributed by atoms with van der Waals surface area (Å²) in [5.74, 6) is -2.71. The quantitative estimate of drug-likeness (QED) is 0.312. The lowest BCUT2D eigenvalue weighted by molar-refractivity contribution is -0.298. The van der Waals surface area contributed by atoms with Crippen LogP contribution in [0, 0.1) is 0 Å². The molecule has 5 atom stereocenters. The van der Waals surface area contributed by atoms with E-state index in [2.05, 4.69) is 0 Å². The van der Waals surface area contributed by atoms with E-state index in [1.807, 2.05) is 23.6 Å². The van der Waals surface area contributed by atoms with Gasteiger partial charge in [0.1, 0.15) is 23.9 Å². The van der Waals surface area contributed by atoms with Crippen LogP contribution >= 0.6 is 11.3 Å². The maximum Gasteiger partial charge on any atom is 0.345 e. The molecule has 0 aromatic carbocycles. The van der Waals surface area contributed by atoms with Gasteiger partial charge in [0.2, 0.25) is 12.4 Å². The van der Waals surface area contributed by atoms with Crippen molar-refractivity contribution < 1.29 is 56.4 Å². The van der Waals surface area contributed by atoms with E-state index < -0.39 is 66.8 Å². The van der Waals surface area contributed by atoms with Gasteiger partial charge in [-0.2, -0.15) is 0 Å². The Balaban J connectivity index is 0.00000248. The molecule has 0 N–H and O–H groups in total. The summed E-state index contributed by atoms with van der Waals surface area (Å²) in [5.41, 5.74) is 0.112. The van der Waals surface area contributed by atoms with Gasteiger partial charge in [-0.1, -0.05) is 12.1 Å². The number of carbonyl (C=O) groups is 4. The second-order valence-corrected chi connectivity index (χ2v) is 10.1. The van der Waals surface area contributed by atoms with Crippen molar-refractivity contribution in [1.82, 2.24) is 0 Å². The molecule has 0 amide bonds. The van der Waals surface area contributed by atoms with Crippen LogP contribution < -0.4 is 16.3 Å². The summed E-state index contributed by atoms with van der Waals surface area (Å²) in [4.78, 5) is 61.1. The molecule has 3 heterocycles. The fraction of sp³-hybridized carbons (Fsp3) is 0.414. The molecular weight excluding hydrogens is 591 g/mol. The maximum atomic E-state index is 12.7. The van der Waals surface area contributed by atoms with Crippen LogP contribution in [0.3, 0.4) is 0 Å². The summed E-state index contributed by atoms with van der Waals surface area (Å²) in [5, 5.41) is 2.52. The summed E-state index contributed by atoms with van der Waals surface area (Å²) in [6.07, 6.45) is -1.30. The SMILES string of the molecule is CC(=O)OC[C@H]1O[C@@H](OC2=CCC=c3cc(-c4cccs4)c(=O)oc3=C2)[C@H](OC(C)=O)[C@@H](OC(C)=O)[C@H]1OC(C)=O.CF. The first-order valence-corrected chi connectivity index (χ1v) is 13.8. The Morgan fingerprint density at radius 1 is 0.930 bits per heavy atom. The number of ether oxygens (including phenoxy) is 6. The smallest absolute Gasteiger partial charge is 0.345 e. The molecule has 1 aliphatic heterocycles.